The highest BCUT2D eigenvalue weighted by molar-refractivity contribution is 7.89. The zero-order valence-electron chi connectivity index (χ0n) is 13.5. The fourth-order valence-electron chi connectivity index (χ4n) is 5.75. The highest BCUT2D eigenvalue weighted by Gasteiger charge is 2.53. The number of hydrogen-bond acceptors (Lipinski definition) is 2. The van der Waals surface area contributed by atoms with Gasteiger partial charge in [-0.05, 0) is 92.9 Å². The lowest BCUT2D eigenvalue weighted by atomic mass is 9.48. The summed E-state index contributed by atoms with van der Waals surface area (Å²) in [6.07, 6.45) is 7.71. The number of halogens is 1. The van der Waals surface area contributed by atoms with Crippen LogP contribution in [0.5, 0.6) is 0 Å². The van der Waals surface area contributed by atoms with Crippen molar-refractivity contribution in [3.8, 4) is 0 Å². The van der Waals surface area contributed by atoms with Crippen molar-refractivity contribution < 1.29 is 8.42 Å². The van der Waals surface area contributed by atoms with Gasteiger partial charge in [-0.2, -0.15) is 0 Å². The molecular weight excluding hydrogens is 330 g/mol. The Hall–Kier alpha value is -0.580. The van der Waals surface area contributed by atoms with Crippen LogP contribution in [0.1, 0.15) is 45.4 Å². The van der Waals surface area contributed by atoms with E-state index in [1.54, 1.807) is 24.3 Å². The van der Waals surface area contributed by atoms with Gasteiger partial charge < -0.3 is 0 Å². The van der Waals surface area contributed by atoms with Gasteiger partial charge in [-0.15, -0.1) is 0 Å². The molecule has 4 saturated carbocycles. The molecule has 0 spiro atoms. The average molecular weight is 354 g/mol. The van der Waals surface area contributed by atoms with E-state index >= 15 is 0 Å². The van der Waals surface area contributed by atoms with Gasteiger partial charge in [0.05, 0.1) is 4.90 Å². The van der Waals surface area contributed by atoms with Crippen molar-refractivity contribution in [1.82, 2.24) is 4.72 Å². The molecule has 4 bridgehead atoms. The third-order valence-corrected chi connectivity index (χ3v) is 8.27. The molecule has 0 heterocycles. The standard InChI is InChI=1S/C18H24ClNO2S/c1-12(20-23(21,22)17-4-2-16(19)3-5-17)18-9-13-6-14(10-18)8-15(7-13)11-18/h2-5,12-15,20H,6-11H2,1H3. The smallest absolute Gasteiger partial charge is 0.208 e. The van der Waals surface area contributed by atoms with Crippen molar-refractivity contribution in [2.24, 2.45) is 23.2 Å². The predicted molar refractivity (Wildman–Crippen MR) is 91.8 cm³/mol. The van der Waals surface area contributed by atoms with Crippen LogP contribution in [0.25, 0.3) is 0 Å². The summed E-state index contributed by atoms with van der Waals surface area (Å²) in [7, 11) is -3.48. The van der Waals surface area contributed by atoms with Crippen LogP contribution >= 0.6 is 11.6 Å². The van der Waals surface area contributed by atoms with Crippen LogP contribution in [0.3, 0.4) is 0 Å². The summed E-state index contributed by atoms with van der Waals surface area (Å²) in [5.74, 6) is 2.47. The summed E-state index contributed by atoms with van der Waals surface area (Å²) >= 11 is 5.86. The lowest BCUT2D eigenvalue weighted by Gasteiger charge is -2.59. The van der Waals surface area contributed by atoms with E-state index in [1.165, 1.54) is 38.5 Å². The summed E-state index contributed by atoms with van der Waals surface area (Å²) in [6, 6.07) is 6.42. The zero-order chi connectivity index (χ0) is 16.2. The molecule has 1 N–H and O–H groups in total. The summed E-state index contributed by atoms with van der Waals surface area (Å²) in [5.41, 5.74) is 0.175. The van der Waals surface area contributed by atoms with Crippen LogP contribution in [0.4, 0.5) is 0 Å². The van der Waals surface area contributed by atoms with E-state index < -0.39 is 10.0 Å². The molecule has 5 rings (SSSR count). The highest BCUT2D eigenvalue weighted by Crippen LogP contribution is 2.61. The number of nitrogens with one attached hydrogen (secondary N) is 1. The van der Waals surface area contributed by atoms with Gasteiger partial charge in [0.2, 0.25) is 10.0 Å². The first-order valence-electron chi connectivity index (χ1n) is 8.64. The van der Waals surface area contributed by atoms with E-state index in [4.69, 9.17) is 11.6 Å². The molecule has 0 aliphatic heterocycles. The maximum Gasteiger partial charge on any atom is 0.240 e. The van der Waals surface area contributed by atoms with Crippen LogP contribution in [-0.4, -0.2) is 14.5 Å². The van der Waals surface area contributed by atoms with E-state index in [-0.39, 0.29) is 11.5 Å². The van der Waals surface area contributed by atoms with Gasteiger partial charge in [0.25, 0.3) is 0 Å². The Morgan fingerprint density at radius 1 is 1.04 bits per heavy atom. The van der Waals surface area contributed by atoms with Gasteiger partial charge in [0, 0.05) is 11.1 Å². The maximum atomic E-state index is 12.7. The topological polar surface area (TPSA) is 46.2 Å². The van der Waals surface area contributed by atoms with Crippen molar-refractivity contribution >= 4 is 21.6 Å². The molecule has 4 fully saturated rings. The molecule has 0 radical (unpaired) electrons. The molecule has 1 aromatic rings. The maximum absolute atomic E-state index is 12.7. The highest BCUT2D eigenvalue weighted by atomic mass is 35.5. The first-order valence-corrected chi connectivity index (χ1v) is 10.5. The molecule has 4 aliphatic rings. The van der Waals surface area contributed by atoms with Gasteiger partial charge in [0.15, 0.2) is 0 Å². The third kappa shape index (κ3) is 2.83. The van der Waals surface area contributed by atoms with Crippen molar-refractivity contribution in [2.45, 2.75) is 56.4 Å². The number of rotatable bonds is 4. The Morgan fingerprint density at radius 2 is 1.52 bits per heavy atom. The Morgan fingerprint density at radius 3 is 2.00 bits per heavy atom. The summed E-state index contributed by atoms with van der Waals surface area (Å²) in [4.78, 5) is 0.304. The minimum absolute atomic E-state index is 0.00317. The molecule has 1 atom stereocenters. The fourth-order valence-corrected chi connectivity index (χ4v) is 7.22. The van der Waals surface area contributed by atoms with Crippen LogP contribution < -0.4 is 4.72 Å². The van der Waals surface area contributed by atoms with Gasteiger partial charge in [-0.3, -0.25) is 0 Å². The predicted octanol–water partition coefficient (Wildman–Crippen LogP) is 4.22. The quantitative estimate of drug-likeness (QED) is 0.880. The second kappa shape index (κ2) is 5.47. The Balaban J connectivity index is 1.55. The number of benzene rings is 1. The Kier molecular flexibility index (Phi) is 3.78. The molecule has 23 heavy (non-hydrogen) atoms. The second-order valence-corrected chi connectivity index (χ2v) is 10.2. The molecule has 1 unspecified atom stereocenters. The summed E-state index contributed by atoms with van der Waals surface area (Å²) < 4.78 is 28.4. The SMILES string of the molecule is CC(NS(=O)(=O)c1ccc(Cl)cc1)C12CC3CC(CC(C3)C1)C2. The third-order valence-electron chi connectivity index (χ3n) is 6.46. The van der Waals surface area contributed by atoms with E-state index in [2.05, 4.69) is 11.6 Å². The van der Waals surface area contributed by atoms with Crippen LogP contribution in [-0.2, 0) is 10.0 Å². The second-order valence-electron chi connectivity index (χ2n) is 8.08. The Bertz CT molecular complexity index is 663. The molecule has 5 heteroatoms. The summed E-state index contributed by atoms with van der Waals surface area (Å²) in [6.45, 7) is 2.07. The van der Waals surface area contributed by atoms with Crippen LogP contribution in [0.15, 0.2) is 29.2 Å². The van der Waals surface area contributed by atoms with Gasteiger partial charge >= 0.3 is 0 Å². The van der Waals surface area contributed by atoms with Crippen LogP contribution in [0, 0.1) is 23.2 Å². The van der Waals surface area contributed by atoms with Crippen molar-refractivity contribution in [3.05, 3.63) is 29.3 Å². The number of sulfonamides is 1. The monoisotopic (exact) mass is 353 g/mol. The molecule has 3 nitrogen and oxygen atoms in total. The molecule has 126 valence electrons. The van der Waals surface area contributed by atoms with Gasteiger partial charge in [-0.1, -0.05) is 11.6 Å². The fraction of sp³-hybridized carbons (Fsp3) is 0.667. The lowest BCUT2D eigenvalue weighted by Crippen LogP contribution is -2.55. The van der Waals surface area contributed by atoms with E-state index in [0.717, 1.165) is 17.8 Å². The number of hydrogen-bond donors (Lipinski definition) is 1. The molecule has 0 aromatic heterocycles. The molecule has 1 aromatic carbocycles. The normalized spacial score (nSPS) is 37.0. The molecule has 4 aliphatic carbocycles. The Labute approximate surface area is 143 Å². The molecule has 0 amide bonds. The first kappa shape index (κ1) is 15.9. The minimum atomic E-state index is -3.48. The van der Waals surface area contributed by atoms with E-state index in [9.17, 15) is 8.42 Å². The first-order chi connectivity index (χ1) is 10.9. The van der Waals surface area contributed by atoms with Crippen molar-refractivity contribution in [1.29, 1.82) is 0 Å². The van der Waals surface area contributed by atoms with Gasteiger partial charge in [0.1, 0.15) is 0 Å². The van der Waals surface area contributed by atoms with Gasteiger partial charge in [-0.25, -0.2) is 13.1 Å². The molecular formula is C18H24ClNO2S. The van der Waals surface area contributed by atoms with Crippen molar-refractivity contribution in [2.75, 3.05) is 0 Å². The minimum Gasteiger partial charge on any atom is -0.208 e. The van der Waals surface area contributed by atoms with E-state index in [1.807, 2.05) is 0 Å². The summed E-state index contributed by atoms with van der Waals surface area (Å²) in [5, 5.41) is 0.554. The van der Waals surface area contributed by atoms with Crippen LogP contribution in [0.2, 0.25) is 5.02 Å². The van der Waals surface area contributed by atoms with E-state index in [0.29, 0.717) is 9.92 Å². The van der Waals surface area contributed by atoms with Crippen molar-refractivity contribution in [3.63, 3.8) is 0 Å². The zero-order valence-corrected chi connectivity index (χ0v) is 15.0. The average Bonchev–Trinajstić information content (AvgIpc) is 2.45. The molecule has 0 saturated heterocycles. The lowest BCUT2D eigenvalue weighted by molar-refractivity contribution is -0.0666. The largest absolute Gasteiger partial charge is 0.240 e.